The lowest BCUT2D eigenvalue weighted by Gasteiger charge is -2.31. The van der Waals surface area contributed by atoms with Gasteiger partial charge in [0.1, 0.15) is 6.20 Å². The Balaban J connectivity index is 2.31. The van der Waals surface area contributed by atoms with Gasteiger partial charge in [0.15, 0.2) is 0 Å². The van der Waals surface area contributed by atoms with E-state index in [2.05, 4.69) is 15.3 Å². The predicted octanol–water partition coefficient (Wildman–Crippen LogP) is 2.20. The standard InChI is InChI=1S/C12H19N5O2/c1-13-12-14-8-10(17(18)19)11(15-12)16(2)9-6-4-3-5-7-9/h8-9H,3-7H2,1-2H3,(H,13,14,15). The first-order chi connectivity index (χ1) is 9.13. The molecule has 7 nitrogen and oxygen atoms in total. The summed E-state index contributed by atoms with van der Waals surface area (Å²) < 4.78 is 0. The van der Waals surface area contributed by atoms with Crippen LogP contribution in [0.1, 0.15) is 32.1 Å². The zero-order valence-corrected chi connectivity index (χ0v) is 11.3. The fourth-order valence-electron chi connectivity index (χ4n) is 2.52. The topological polar surface area (TPSA) is 84.2 Å². The maximum Gasteiger partial charge on any atom is 0.329 e. The highest BCUT2D eigenvalue weighted by atomic mass is 16.6. The summed E-state index contributed by atoms with van der Waals surface area (Å²) in [6.07, 6.45) is 6.99. The highest BCUT2D eigenvalue weighted by molar-refractivity contribution is 5.59. The van der Waals surface area contributed by atoms with Gasteiger partial charge in [0.2, 0.25) is 11.8 Å². The van der Waals surface area contributed by atoms with Crippen LogP contribution in [0.15, 0.2) is 6.20 Å². The molecule has 0 bridgehead atoms. The highest BCUT2D eigenvalue weighted by Crippen LogP contribution is 2.31. The van der Waals surface area contributed by atoms with Crippen LogP contribution in [-0.2, 0) is 0 Å². The lowest BCUT2D eigenvalue weighted by molar-refractivity contribution is -0.384. The molecule has 1 fully saturated rings. The van der Waals surface area contributed by atoms with E-state index in [1.54, 1.807) is 7.05 Å². The van der Waals surface area contributed by atoms with Crippen molar-refractivity contribution in [3.8, 4) is 0 Å². The molecule has 1 saturated carbocycles. The second-order valence-electron chi connectivity index (χ2n) is 4.81. The first kappa shape index (κ1) is 13.5. The number of nitrogens with one attached hydrogen (secondary N) is 1. The Bertz CT molecular complexity index is 459. The number of aromatic nitrogens is 2. The Labute approximate surface area is 112 Å². The summed E-state index contributed by atoms with van der Waals surface area (Å²) in [5.74, 6) is 0.805. The van der Waals surface area contributed by atoms with E-state index in [0.717, 1.165) is 12.8 Å². The van der Waals surface area contributed by atoms with Crippen LogP contribution in [0.2, 0.25) is 0 Å². The second-order valence-corrected chi connectivity index (χ2v) is 4.81. The Hall–Kier alpha value is -1.92. The minimum Gasteiger partial charge on any atom is -0.357 e. The normalized spacial score (nSPS) is 16.1. The van der Waals surface area contributed by atoms with E-state index in [1.807, 2.05) is 11.9 Å². The molecule has 1 aromatic heterocycles. The molecule has 0 spiro atoms. The molecule has 1 aliphatic carbocycles. The third kappa shape index (κ3) is 2.91. The zero-order valence-electron chi connectivity index (χ0n) is 11.3. The van der Waals surface area contributed by atoms with Gasteiger partial charge in [-0.2, -0.15) is 4.98 Å². The van der Waals surface area contributed by atoms with Crippen molar-refractivity contribution in [2.24, 2.45) is 0 Å². The first-order valence-electron chi connectivity index (χ1n) is 6.55. The van der Waals surface area contributed by atoms with E-state index in [1.165, 1.54) is 25.5 Å². The molecule has 1 aliphatic rings. The van der Waals surface area contributed by atoms with Crippen LogP contribution >= 0.6 is 0 Å². The van der Waals surface area contributed by atoms with Crippen LogP contribution in [0.25, 0.3) is 0 Å². The maximum atomic E-state index is 11.1. The van der Waals surface area contributed by atoms with Gasteiger partial charge in [-0.3, -0.25) is 10.1 Å². The SMILES string of the molecule is CNc1ncc([N+](=O)[O-])c(N(C)C2CCCCC2)n1. The Kier molecular flexibility index (Phi) is 4.13. The summed E-state index contributed by atoms with van der Waals surface area (Å²) in [7, 11) is 3.58. The van der Waals surface area contributed by atoms with Crippen molar-refractivity contribution in [1.29, 1.82) is 0 Å². The van der Waals surface area contributed by atoms with Crippen LogP contribution in [0, 0.1) is 10.1 Å². The summed E-state index contributed by atoms with van der Waals surface area (Å²) in [6.45, 7) is 0. The van der Waals surface area contributed by atoms with Crippen molar-refractivity contribution >= 4 is 17.5 Å². The number of hydrogen-bond donors (Lipinski definition) is 1. The number of nitrogens with zero attached hydrogens (tertiary/aromatic N) is 4. The molecule has 7 heteroatoms. The van der Waals surface area contributed by atoms with Crippen molar-refractivity contribution < 1.29 is 4.92 Å². The molecule has 19 heavy (non-hydrogen) atoms. The third-order valence-corrected chi connectivity index (χ3v) is 3.63. The molecule has 1 aromatic rings. The Morgan fingerprint density at radius 3 is 2.68 bits per heavy atom. The summed E-state index contributed by atoms with van der Waals surface area (Å²) in [5.41, 5.74) is -0.0351. The van der Waals surface area contributed by atoms with E-state index in [4.69, 9.17) is 0 Å². The molecule has 0 aromatic carbocycles. The fourth-order valence-corrected chi connectivity index (χ4v) is 2.52. The molecule has 1 heterocycles. The van der Waals surface area contributed by atoms with E-state index >= 15 is 0 Å². The van der Waals surface area contributed by atoms with Crippen molar-refractivity contribution in [3.05, 3.63) is 16.3 Å². The molecule has 0 amide bonds. The minimum absolute atomic E-state index is 0.0351. The number of rotatable bonds is 4. The van der Waals surface area contributed by atoms with Crippen LogP contribution in [-0.4, -0.2) is 35.0 Å². The summed E-state index contributed by atoms with van der Waals surface area (Å²) in [6, 6.07) is 0.326. The molecule has 104 valence electrons. The van der Waals surface area contributed by atoms with E-state index in [-0.39, 0.29) is 5.69 Å². The van der Waals surface area contributed by atoms with Gasteiger partial charge in [-0.05, 0) is 12.8 Å². The van der Waals surface area contributed by atoms with Crippen molar-refractivity contribution in [2.45, 2.75) is 38.1 Å². The average Bonchev–Trinajstić information content (AvgIpc) is 2.46. The van der Waals surface area contributed by atoms with Crippen LogP contribution < -0.4 is 10.2 Å². The summed E-state index contributed by atoms with van der Waals surface area (Å²) in [5, 5.41) is 13.9. The summed E-state index contributed by atoms with van der Waals surface area (Å²) >= 11 is 0. The van der Waals surface area contributed by atoms with Gasteiger partial charge in [-0.1, -0.05) is 19.3 Å². The number of nitro groups is 1. The predicted molar refractivity (Wildman–Crippen MR) is 73.5 cm³/mol. The first-order valence-corrected chi connectivity index (χ1v) is 6.55. The van der Waals surface area contributed by atoms with Crippen molar-refractivity contribution in [2.75, 3.05) is 24.3 Å². The van der Waals surface area contributed by atoms with Gasteiger partial charge in [0.05, 0.1) is 4.92 Å². The number of hydrogen-bond acceptors (Lipinski definition) is 6. The Morgan fingerprint density at radius 1 is 1.42 bits per heavy atom. The van der Waals surface area contributed by atoms with Gasteiger partial charge in [0.25, 0.3) is 0 Å². The van der Waals surface area contributed by atoms with Crippen LogP contribution in [0.5, 0.6) is 0 Å². The largest absolute Gasteiger partial charge is 0.357 e. The van der Waals surface area contributed by atoms with Gasteiger partial charge in [-0.15, -0.1) is 0 Å². The number of anilines is 2. The van der Waals surface area contributed by atoms with Crippen LogP contribution in [0.4, 0.5) is 17.5 Å². The van der Waals surface area contributed by atoms with Gasteiger partial charge >= 0.3 is 5.69 Å². The average molecular weight is 265 g/mol. The molecular formula is C12H19N5O2. The molecule has 2 rings (SSSR count). The molecule has 0 saturated heterocycles. The second kappa shape index (κ2) is 5.81. The lowest BCUT2D eigenvalue weighted by Crippen LogP contribution is -2.34. The van der Waals surface area contributed by atoms with Gasteiger partial charge in [-0.25, -0.2) is 4.98 Å². The fraction of sp³-hybridized carbons (Fsp3) is 0.667. The molecular weight excluding hydrogens is 246 g/mol. The Morgan fingerprint density at radius 2 is 2.11 bits per heavy atom. The molecule has 0 aliphatic heterocycles. The minimum atomic E-state index is -0.423. The summed E-state index contributed by atoms with van der Waals surface area (Å²) in [4.78, 5) is 20.8. The molecule has 0 atom stereocenters. The third-order valence-electron chi connectivity index (χ3n) is 3.63. The monoisotopic (exact) mass is 265 g/mol. The molecule has 0 unspecified atom stereocenters. The molecule has 1 N–H and O–H groups in total. The molecule has 0 radical (unpaired) electrons. The van der Waals surface area contributed by atoms with E-state index < -0.39 is 4.92 Å². The van der Waals surface area contributed by atoms with Gasteiger partial charge in [0, 0.05) is 20.1 Å². The van der Waals surface area contributed by atoms with E-state index in [9.17, 15) is 10.1 Å². The van der Waals surface area contributed by atoms with Crippen molar-refractivity contribution in [3.63, 3.8) is 0 Å². The highest BCUT2D eigenvalue weighted by Gasteiger charge is 2.26. The quantitative estimate of drug-likeness (QED) is 0.663. The van der Waals surface area contributed by atoms with Crippen LogP contribution in [0.3, 0.4) is 0 Å². The van der Waals surface area contributed by atoms with Gasteiger partial charge < -0.3 is 10.2 Å². The maximum absolute atomic E-state index is 11.1. The zero-order chi connectivity index (χ0) is 13.8. The smallest absolute Gasteiger partial charge is 0.329 e. The van der Waals surface area contributed by atoms with Crippen molar-refractivity contribution in [1.82, 2.24) is 9.97 Å². The van der Waals surface area contributed by atoms with E-state index in [0.29, 0.717) is 17.8 Å². The lowest BCUT2D eigenvalue weighted by atomic mass is 9.94.